The molecule has 0 heterocycles. The van der Waals surface area contributed by atoms with E-state index in [9.17, 15) is 18.8 Å². The first-order chi connectivity index (χ1) is 10.3. The van der Waals surface area contributed by atoms with Gasteiger partial charge < -0.3 is 15.0 Å². The Morgan fingerprint density at radius 3 is 2.64 bits per heavy atom. The van der Waals surface area contributed by atoms with E-state index in [1.54, 1.807) is 20.0 Å². The molecule has 1 rings (SSSR count). The highest BCUT2D eigenvalue weighted by Gasteiger charge is 2.25. The van der Waals surface area contributed by atoms with Crippen molar-refractivity contribution in [2.45, 2.75) is 13.0 Å². The number of likely N-dealkylation sites (N-methyl/N-ethyl adjacent to an activating group) is 1. The number of nitrogens with one attached hydrogen (secondary N) is 3. The van der Waals surface area contributed by atoms with Crippen LogP contribution in [0.2, 0.25) is 0 Å². The lowest BCUT2D eigenvalue weighted by molar-refractivity contribution is -0.885. The fraction of sp³-hybridized carbons (Fsp3) is 0.357. The van der Waals surface area contributed by atoms with E-state index in [2.05, 4.69) is 10.1 Å². The lowest BCUT2D eigenvalue weighted by Gasteiger charge is -2.19. The second-order valence-corrected chi connectivity index (χ2v) is 4.78. The molecule has 0 aromatic heterocycles. The molecule has 3 amide bonds. The minimum atomic E-state index is -0.853. The summed E-state index contributed by atoms with van der Waals surface area (Å²) in [6.45, 7) is 1.55. The summed E-state index contributed by atoms with van der Waals surface area (Å²) in [5.74, 6) is -1.38. The predicted molar refractivity (Wildman–Crippen MR) is 76.8 cm³/mol. The third-order valence-electron chi connectivity index (χ3n) is 3.09. The summed E-state index contributed by atoms with van der Waals surface area (Å²) < 4.78 is 17.3. The molecule has 2 atom stereocenters. The number of amides is 3. The zero-order valence-corrected chi connectivity index (χ0v) is 12.6. The maximum absolute atomic E-state index is 13.0. The Labute approximate surface area is 127 Å². The van der Waals surface area contributed by atoms with Crippen LogP contribution in [0.25, 0.3) is 0 Å². The van der Waals surface area contributed by atoms with E-state index in [-0.39, 0.29) is 12.5 Å². The number of alkyl carbamates (subject to hydrolysis) is 1. The molecule has 7 nitrogen and oxygen atoms in total. The van der Waals surface area contributed by atoms with Crippen LogP contribution in [0.3, 0.4) is 0 Å². The summed E-state index contributed by atoms with van der Waals surface area (Å²) in [5, 5.41) is 4.57. The van der Waals surface area contributed by atoms with Gasteiger partial charge in [-0.15, -0.1) is 0 Å². The minimum absolute atomic E-state index is 0.0216. The van der Waals surface area contributed by atoms with Crippen LogP contribution >= 0.6 is 0 Å². The van der Waals surface area contributed by atoms with Crippen LogP contribution in [-0.4, -0.2) is 44.7 Å². The standard InChI is InChI=1S/C14H18FN3O4/c1-9(13(20)17-14(21)22-3)18(2)8-12(19)16-11-6-4-5-10(15)7-11/h4-7,9H,8H2,1-3H3,(H,16,19)(H,17,20,21)/p+1/t9-/m0/s1. The number of carbonyl (C=O) groups is 3. The number of hydrogen-bond acceptors (Lipinski definition) is 4. The molecule has 8 heteroatoms. The molecule has 0 aliphatic rings. The number of rotatable bonds is 5. The van der Waals surface area contributed by atoms with Gasteiger partial charge in [0.1, 0.15) is 5.82 Å². The van der Waals surface area contributed by atoms with Crippen molar-refractivity contribution in [3.05, 3.63) is 30.1 Å². The molecule has 120 valence electrons. The second-order valence-electron chi connectivity index (χ2n) is 4.78. The van der Waals surface area contributed by atoms with Crippen molar-refractivity contribution in [3.8, 4) is 0 Å². The molecule has 0 aliphatic heterocycles. The van der Waals surface area contributed by atoms with Gasteiger partial charge in [-0.25, -0.2) is 9.18 Å². The molecule has 0 saturated carbocycles. The Morgan fingerprint density at radius 1 is 1.36 bits per heavy atom. The molecular weight excluding hydrogens is 293 g/mol. The maximum atomic E-state index is 13.0. The van der Waals surface area contributed by atoms with Gasteiger partial charge >= 0.3 is 6.09 Å². The van der Waals surface area contributed by atoms with Gasteiger partial charge in [0, 0.05) is 5.69 Å². The molecule has 0 radical (unpaired) electrons. The molecule has 22 heavy (non-hydrogen) atoms. The number of halogens is 1. The fourth-order valence-electron chi connectivity index (χ4n) is 1.66. The number of methoxy groups -OCH3 is 1. The van der Waals surface area contributed by atoms with Crippen molar-refractivity contribution >= 4 is 23.6 Å². The minimum Gasteiger partial charge on any atom is -0.453 e. The normalized spacial score (nSPS) is 12.9. The molecule has 0 spiro atoms. The average Bonchev–Trinajstić information content (AvgIpc) is 2.45. The van der Waals surface area contributed by atoms with Crippen LogP contribution < -0.4 is 15.5 Å². The zero-order valence-electron chi connectivity index (χ0n) is 12.6. The molecule has 1 aromatic rings. The SMILES string of the molecule is COC(=O)NC(=O)[C@H](C)[NH+](C)CC(=O)Nc1cccc(F)c1. The van der Waals surface area contributed by atoms with Gasteiger partial charge in [0.05, 0.1) is 14.2 Å². The quantitative estimate of drug-likeness (QED) is 0.687. The first kappa shape index (κ1) is 17.6. The van der Waals surface area contributed by atoms with Crippen LogP contribution in [0.4, 0.5) is 14.9 Å². The van der Waals surface area contributed by atoms with E-state index in [0.29, 0.717) is 10.6 Å². The van der Waals surface area contributed by atoms with Gasteiger partial charge in [0.2, 0.25) is 0 Å². The van der Waals surface area contributed by atoms with Crippen molar-refractivity contribution in [1.29, 1.82) is 0 Å². The smallest absolute Gasteiger partial charge is 0.413 e. The highest BCUT2D eigenvalue weighted by atomic mass is 19.1. The molecule has 0 fully saturated rings. The third-order valence-corrected chi connectivity index (χ3v) is 3.09. The predicted octanol–water partition coefficient (Wildman–Crippen LogP) is -0.450. The van der Waals surface area contributed by atoms with Crippen LogP contribution in [0, 0.1) is 5.82 Å². The number of carbonyl (C=O) groups excluding carboxylic acids is 3. The van der Waals surface area contributed by atoms with E-state index < -0.39 is 23.9 Å². The van der Waals surface area contributed by atoms with Crippen LogP contribution in [0.1, 0.15) is 6.92 Å². The Balaban J connectivity index is 2.52. The monoisotopic (exact) mass is 312 g/mol. The Bertz CT molecular complexity index is 565. The van der Waals surface area contributed by atoms with Gasteiger partial charge in [-0.2, -0.15) is 0 Å². The molecular formula is C14H19FN3O4+. The third kappa shape index (κ3) is 5.49. The number of quaternary nitrogens is 1. The first-order valence-electron chi connectivity index (χ1n) is 6.60. The largest absolute Gasteiger partial charge is 0.453 e. The summed E-state index contributed by atoms with van der Waals surface area (Å²) in [4.78, 5) is 35.1. The van der Waals surface area contributed by atoms with E-state index in [4.69, 9.17) is 0 Å². The summed E-state index contributed by atoms with van der Waals surface area (Å²) in [6, 6.07) is 4.86. The lowest BCUT2D eigenvalue weighted by atomic mass is 10.2. The lowest BCUT2D eigenvalue weighted by Crippen LogP contribution is -3.15. The van der Waals surface area contributed by atoms with Gasteiger partial charge in [0.25, 0.3) is 11.8 Å². The first-order valence-corrected chi connectivity index (χ1v) is 6.60. The van der Waals surface area contributed by atoms with Crippen molar-refractivity contribution < 1.29 is 28.4 Å². The number of hydrogen-bond donors (Lipinski definition) is 3. The van der Waals surface area contributed by atoms with Crippen molar-refractivity contribution in [2.24, 2.45) is 0 Å². The number of ether oxygens (including phenoxy) is 1. The number of benzene rings is 1. The Kier molecular flexibility index (Phi) is 6.46. The summed E-state index contributed by atoms with van der Waals surface area (Å²) >= 11 is 0. The van der Waals surface area contributed by atoms with Gasteiger partial charge in [0.15, 0.2) is 12.6 Å². The van der Waals surface area contributed by atoms with Crippen LogP contribution in [-0.2, 0) is 14.3 Å². The fourth-order valence-corrected chi connectivity index (χ4v) is 1.66. The highest BCUT2D eigenvalue weighted by molar-refractivity contribution is 5.94. The molecule has 1 aromatic carbocycles. The summed E-state index contributed by atoms with van der Waals surface area (Å²) in [7, 11) is 2.78. The van der Waals surface area contributed by atoms with E-state index >= 15 is 0 Å². The molecule has 0 bridgehead atoms. The number of anilines is 1. The van der Waals surface area contributed by atoms with Crippen molar-refractivity contribution in [2.75, 3.05) is 26.0 Å². The molecule has 1 unspecified atom stereocenters. The van der Waals surface area contributed by atoms with E-state index in [0.717, 1.165) is 7.11 Å². The second kappa shape index (κ2) is 8.08. The topological polar surface area (TPSA) is 88.9 Å². The summed E-state index contributed by atoms with van der Waals surface area (Å²) in [5.41, 5.74) is 0.337. The Hall–Kier alpha value is -2.48. The number of imide groups is 1. The maximum Gasteiger partial charge on any atom is 0.413 e. The van der Waals surface area contributed by atoms with E-state index in [1.165, 1.54) is 18.2 Å². The molecule has 3 N–H and O–H groups in total. The zero-order chi connectivity index (χ0) is 16.7. The molecule has 0 saturated heterocycles. The van der Waals surface area contributed by atoms with Gasteiger partial charge in [-0.1, -0.05) is 6.07 Å². The van der Waals surface area contributed by atoms with Crippen molar-refractivity contribution in [3.63, 3.8) is 0 Å². The highest BCUT2D eigenvalue weighted by Crippen LogP contribution is 2.08. The van der Waals surface area contributed by atoms with Crippen molar-refractivity contribution in [1.82, 2.24) is 5.32 Å². The van der Waals surface area contributed by atoms with Crippen LogP contribution in [0.15, 0.2) is 24.3 Å². The van der Waals surface area contributed by atoms with E-state index in [1.807, 2.05) is 5.32 Å². The van der Waals surface area contributed by atoms with Crippen LogP contribution in [0.5, 0.6) is 0 Å². The Morgan fingerprint density at radius 2 is 2.05 bits per heavy atom. The average molecular weight is 312 g/mol. The molecule has 0 aliphatic carbocycles. The van der Waals surface area contributed by atoms with Gasteiger partial charge in [-0.05, 0) is 25.1 Å². The van der Waals surface area contributed by atoms with Gasteiger partial charge in [-0.3, -0.25) is 14.9 Å². The summed E-state index contributed by atoms with van der Waals surface area (Å²) in [6.07, 6.45) is -0.853.